The summed E-state index contributed by atoms with van der Waals surface area (Å²) in [7, 11) is 1.51. The lowest BCUT2D eigenvalue weighted by Crippen LogP contribution is -2.23. The van der Waals surface area contributed by atoms with Crippen LogP contribution >= 0.6 is 0 Å². The zero-order valence-corrected chi connectivity index (χ0v) is 13.9. The lowest BCUT2D eigenvalue weighted by Gasteiger charge is -2.22. The maximum absolute atomic E-state index is 11.8. The first-order valence-corrected chi connectivity index (χ1v) is 8.11. The molecule has 0 bridgehead atoms. The van der Waals surface area contributed by atoms with Crippen molar-refractivity contribution in [3.05, 3.63) is 34.8 Å². The first-order chi connectivity index (χ1) is 11.7. The fourth-order valence-corrected chi connectivity index (χ4v) is 2.58. The molecule has 2 heterocycles. The van der Waals surface area contributed by atoms with E-state index in [0.717, 1.165) is 31.8 Å². The van der Waals surface area contributed by atoms with E-state index in [2.05, 4.69) is 5.10 Å². The molecule has 1 fully saturated rings. The zero-order chi connectivity index (χ0) is 16.9. The quantitative estimate of drug-likeness (QED) is 0.808. The molecule has 24 heavy (non-hydrogen) atoms. The average molecular weight is 334 g/mol. The summed E-state index contributed by atoms with van der Waals surface area (Å²) in [6.45, 7) is 3.98. The van der Waals surface area contributed by atoms with Crippen molar-refractivity contribution in [2.45, 2.75) is 26.0 Å². The van der Waals surface area contributed by atoms with E-state index < -0.39 is 12.0 Å². The number of hydrogen-bond donors (Lipinski definition) is 0. The molecule has 2 unspecified atom stereocenters. The Labute approximate surface area is 140 Å². The number of nitrogens with zero attached hydrogens (tertiary/aromatic N) is 2. The van der Waals surface area contributed by atoms with Crippen molar-refractivity contribution in [3.63, 3.8) is 0 Å². The third kappa shape index (κ3) is 3.85. The Morgan fingerprint density at radius 2 is 2.17 bits per heavy atom. The van der Waals surface area contributed by atoms with Crippen LogP contribution in [0.2, 0.25) is 0 Å². The van der Waals surface area contributed by atoms with Crippen LogP contribution in [0.3, 0.4) is 0 Å². The van der Waals surface area contributed by atoms with E-state index in [1.54, 1.807) is 6.92 Å². The van der Waals surface area contributed by atoms with Crippen LogP contribution in [0.1, 0.15) is 26.0 Å². The molecule has 2 atom stereocenters. The van der Waals surface area contributed by atoms with Gasteiger partial charge in [0.25, 0.3) is 0 Å². The molecule has 1 saturated heterocycles. The molecule has 1 aliphatic heterocycles. The highest BCUT2D eigenvalue weighted by molar-refractivity contribution is 5.53. The van der Waals surface area contributed by atoms with Crippen LogP contribution in [0.5, 0.6) is 5.75 Å². The normalized spacial score (nSPS) is 19.2. The first kappa shape index (κ1) is 16.7. The minimum Gasteiger partial charge on any atom is -0.493 e. The molecule has 0 saturated carbocycles. The Kier molecular flexibility index (Phi) is 5.32. The highest BCUT2D eigenvalue weighted by Gasteiger charge is 2.16. The lowest BCUT2D eigenvalue weighted by atomic mass is 10.0. The van der Waals surface area contributed by atoms with Crippen LogP contribution in [-0.4, -0.2) is 36.7 Å². The summed E-state index contributed by atoms with van der Waals surface area (Å²) in [5.41, 5.74) is 0.711. The van der Waals surface area contributed by atoms with Gasteiger partial charge in [0.15, 0.2) is 6.23 Å². The van der Waals surface area contributed by atoms with Crippen molar-refractivity contribution in [1.82, 2.24) is 9.78 Å². The van der Waals surface area contributed by atoms with Gasteiger partial charge in [-0.05, 0) is 44.0 Å². The van der Waals surface area contributed by atoms with E-state index in [-0.39, 0.29) is 5.89 Å². The third-order valence-electron chi connectivity index (χ3n) is 4.10. The van der Waals surface area contributed by atoms with Gasteiger partial charge in [0.2, 0.25) is 5.89 Å². The van der Waals surface area contributed by atoms with Gasteiger partial charge in [-0.15, -0.1) is 5.10 Å². The molecule has 7 nitrogen and oxygen atoms in total. The summed E-state index contributed by atoms with van der Waals surface area (Å²) in [5, 5.41) is 4.16. The van der Waals surface area contributed by atoms with Crippen LogP contribution in [0.15, 0.2) is 33.5 Å². The van der Waals surface area contributed by atoms with Gasteiger partial charge in [-0.2, -0.15) is 4.68 Å². The van der Waals surface area contributed by atoms with Crippen LogP contribution < -0.4 is 10.5 Å². The molecule has 0 aliphatic carbocycles. The second kappa shape index (κ2) is 7.63. The van der Waals surface area contributed by atoms with Crippen LogP contribution in [0.25, 0.3) is 11.5 Å². The van der Waals surface area contributed by atoms with Crippen LogP contribution in [-0.2, 0) is 9.47 Å². The molecule has 1 aromatic carbocycles. The molecule has 130 valence electrons. The predicted octanol–water partition coefficient (Wildman–Crippen LogP) is 2.47. The summed E-state index contributed by atoms with van der Waals surface area (Å²) in [6.07, 6.45) is 1.75. The highest BCUT2D eigenvalue weighted by Crippen LogP contribution is 2.22. The molecule has 1 aromatic heterocycles. The topological polar surface area (TPSA) is 75.7 Å². The Bertz CT molecular complexity index is 701. The van der Waals surface area contributed by atoms with Gasteiger partial charge >= 0.3 is 5.76 Å². The molecular weight excluding hydrogens is 312 g/mol. The molecular formula is C17H22N2O5. The smallest absolute Gasteiger partial charge is 0.439 e. The summed E-state index contributed by atoms with van der Waals surface area (Å²) in [4.78, 5) is 11.8. The number of ether oxygens (including phenoxy) is 3. The highest BCUT2D eigenvalue weighted by atomic mass is 16.5. The number of benzene rings is 1. The lowest BCUT2D eigenvalue weighted by molar-refractivity contribution is 0.0352. The van der Waals surface area contributed by atoms with Crippen molar-refractivity contribution < 1.29 is 18.6 Å². The fourth-order valence-electron chi connectivity index (χ4n) is 2.58. The summed E-state index contributed by atoms with van der Waals surface area (Å²) in [5.74, 6) is 0.937. The van der Waals surface area contributed by atoms with E-state index in [1.807, 2.05) is 24.3 Å². The zero-order valence-electron chi connectivity index (χ0n) is 13.9. The molecule has 0 radical (unpaired) electrons. The summed E-state index contributed by atoms with van der Waals surface area (Å²) in [6, 6.07) is 7.33. The van der Waals surface area contributed by atoms with Crippen molar-refractivity contribution in [1.29, 1.82) is 0 Å². The Hall–Kier alpha value is -2.12. The molecule has 3 rings (SSSR count). The van der Waals surface area contributed by atoms with Gasteiger partial charge in [-0.3, -0.25) is 0 Å². The molecule has 0 N–H and O–H groups in total. The van der Waals surface area contributed by atoms with Gasteiger partial charge in [0, 0.05) is 25.2 Å². The second-order valence-electron chi connectivity index (χ2n) is 5.87. The van der Waals surface area contributed by atoms with E-state index in [9.17, 15) is 4.79 Å². The van der Waals surface area contributed by atoms with Crippen LogP contribution in [0.4, 0.5) is 0 Å². The minimum atomic E-state index is -0.544. The maximum atomic E-state index is 11.8. The number of hydrogen-bond acceptors (Lipinski definition) is 6. The van der Waals surface area contributed by atoms with E-state index in [1.165, 1.54) is 11.8 Å². The largest absolute Gasteiger partial charge is 0.493 e. The fraction of sp³-hybridized carbons (Fsp3) is 0.529. The number of methoxy groups -OCH3 is 1. The molecule has 2 aromatic rings. The Balaban J connectivity index is 1.65. The van der Waals surface area contributed by atoms with Crippen molar-refractivity contribution in [2.75, 3.05) is 26.9 Å². The Morgan fingerprint density at radius 1 is 1.38 bits per heavy atom. The third-order valence-corrected chi connectivity index (χ3v) is 4.10. The summed E-state index contributed by atoms with van der Waals surface area (Å²) >= 11 is 0. The summed E-state index contributed by atoms with van der Waals surface area (Å²) < 4.78 is 22.7. The second-order valence-corrected chi connectivity index (χ2v) is 5.87. The van der Waals surface area contributed by atoms with E-state index in [4.69, 9.17) is 18.6 Å². The molecule has 0 spiro atoms. The average Bonchev–Trinajstić information content (AvgIpc) is 3.02. The van der Waals surface area contributed by atoms with Gasteiger partial charge in [-0.1, -0.05) is 0 Å². The van der Waals surface area contributed by atoms with E-state index in [0.29, 0.717) is 18.1 Å². The van der Waals surface area contributed by atoms with Gasteiger partial charge in [0.05, 0.1) is 13.2 Å². The standard InChI is InChI=1S/C17H22N2O5/c1-12(21-2)19-17(20)24-16(18-19)14-5-7-15(8-6-14)23-11-13-4-3-9-22-10-13/h5-8,12-13H,3-4,9-11H2,1-2H3. The van der Waals surface area contributed by atoms with Gasteiger partial charge in [-0.25, -0.2) is 4.79 Å². The van der Waals surface area contributed by atoms with Crippen molar-refractivity contribution >= 4 is 0 Å². The molecule has 7 heteroatoms. The predicted molar refractivity (Wildman–Crippen MR) is 87.0 cm³/mol. The van der Waals surface area contributed by atoms with Gasteiger partial charge < -0.3 is 18.6 Å². The number of rotatable bonds is 6. The minimum absolute atomic E-state index is 0.260. The van der Waals surface area contributed by atoms with Gasteiger partial charge in [0.1, 0.15) is 5.75 Å². The maximum Gasteiger partial charge on any atom is 0.439 e. The molecule has 0 amide bonds. The monoisotopic (exact) mass is 334 g/mol. The SMILES string of the molecule is COC(C)n1nc(-c2ccc(OCC3CCCOC3)cc2)oc1=O. The van der Waals surface area contributed by atoms with Crippen molar-refractivity contribution in [3.8, 4) is 17.2 Å². The first-order valence-electron chi connectivity index (χ1n) is 8.11. The van der Waals surface area contributed by atoms with Crippen molar-refractivity contribution in [2.24, 2.45) is 5.92 Å². The Morgan fingerprint density at radius 3 is 2.83 bits per heavy atom. The molecule has 1 aliphatic rings. The number of aromatic nitrogens is 2. The van der Waals surface area contributed by atoms with Crippen LogP contribution in [0, 0.1) is 5.92 Å². The van der Waals surface area contributed by atoms with E-state index >= 15 is 0 Å².